The fourth-order valence-corrected chi connectivity index (χ4v) is 4.14. The van der Waals surface area contributed by atoms with E-state index in [0.717, 1.165) is 10.6 Å². The number of nitrogens with zero attached hydrogens (tertiary/aromatic N) is 5. The Kier molecular flexibility index (Phi) is 6.63. The van der Waals surface area contributed by atoms with E-state index in [2.05, 4.69) is 19.6 Å². The minimum atomic E-state index is -4.68. The molecule has 7 nitrogen and oxygen atoms in total. The molecule has 2 aromatic heterocycles. The van der Waals surface area contributed by atoms with Gasteiger partial charge in [-0.05, 0) is 24.3 Å². The fraction of sp³-hybridized carbons (Fsp3) is 0.333. The molecule has 168 valence electrons. The highest BCUT2D eigenvalue weighted by molar-refractivity contribution is 7.99. The van der Waals surface area contributed by atoms with Gasteiger partial charge in [0.25, 0.3) is 0 Å². The molecule has 3 heterocycles. The summed E-state index contributed by atoms with van der Waals surface area (Å²) >= 11 is 1.67. The number of piperazine rings is 1. The number of halogens is 3. The molecule has 4 rings (SSSR count). The van der Waals surface area contributed by atoms with E-state index in [1.807, 2.05) is 40.1 Å². The maximum Gasteiger partial charge on any atom is 0.471 e. The van der Waals surface area contributed by atoms with Crippen LogP contribution in [0, 0.1) is 0 Å². The highest BCUT2D eigenvalue weighted by Crippen LogP contribution is 2.29. The number of hydrogen-bond acceptors (Lipinski definition) is 7. The zero-order chi connectivity index (χ0) is 22.6. The molecule has 11 heteroatoms. The van der Waals surface area contributed by atoms with Crippen molar-refractivity contribution < 1.29 is 22.5 Å². The molecular weight excluding hydrogens is 443 g/mol. The van der Waals surface area contributed by atoms with Gasteiger partial charge in [-0.25, -0.2) is 4.98 Å². The van der Waals surface area contributed by atoms with Crippen LogP contribution in [-0.2, 0) is 11.0 Å². The van der Waals surface area contributed by atoms with Crippen molar-refractivity contribution in [3.8, 4) is 11.4 Å². The Morgan fingerprint density at radius 3 is 2.44 bits per heavy atom. The Morgan fingerprint density at radius 1 is 1.06 bits per heavy atom. The van der Waals surface area contributed by atoms with Crippen LogP contribution in [0.15, 0.2) is 58.1 Å². The highest BCUT2D eigenvalue weighted by Gasteiger charge is 2.38. The van der Waals surface area contributed by atoms with Gasteiger partial charge in [-0.1, -0.05) is 23.4 Å². The Hall–Kier alpha value is -3.08. The number of alkyl halides is 3. The predicted molar refractivity (Wildman–Crippen MR) is 113 cm³/mol. The molecule has 32 heavy (non-hydrogen) atoms. The minimum absolute atomic E-state index is 0.133. The molecule has 3 aromatic rings. The summed E-state index contributed by atoms with van der Waals surface area (Å²) in [5.41, 5.74) is 0.331. The van der Waals surface area contributed by atoms with Crippen molar-refractivity contribution >= 4 is 23.5 Å². The van der Waals surface area contributed by atoms with Crippen molar-refractivity contribution in [2.75, 3.05) is 36.8 Å². The summed E-state index contributed by atoms with van der Waals surface area (Å²) in [5.74, 6) is -0.00762. The Morgan fingerprint density at radius 2 is 1.81 bits per heavy atom. The van der Waals surface area contributed by atoms with E-state index >= 15 is 0 Å². The van der Waals surface area contributed by atoms with Crippen LogP contribution in [0.25, 0.3) is 11.4 Å². The topological polar surface area (TPSA) is 75.4 Å². The van der Waals surface area contributed by atoms with E-state index < -0.39 is 12.1 Å². The number of anilines is 1. The van der Waals surface area contributed by atoms with Crippen molar-refractivity contribution in [2.24, 2.45) is 0 Å². The quantitative estimate of drug-likeness (QED) is 0.512. The van der Waals surface area contributed by atoms with Crippen LogP contribution in [0.2, 0.25) is 0 Å². The van der Waals surface area contributed by atoms with Gasteiger partial charge in [0, 0.05) is 55.0 Å². The van der Waals surface area contributed by atoms with Crippen LogP contribution in [0.5, 0.6) is 0 Å². The molecule has 0 atom stereocenters. The molecule has 1 aromatic carbocycles. The Balaban J connectivity index is 1.26. The number of rotatable bonds is 6. The third-order valence-corrected chi connectivity index (χ3v) is 5.97. The van der Waals surface area contributed by atoms with Crippen LogP contribution >= 0.6 is 11.8 Å². The van der Waals surface area contributed by atoms with Gasteiger partial charge in [-0.3, -0.25) is 4.79 Å². The number of hydrogen-bond donors (Lipinski definition) is 0. The zero-order valence-electron chi connectivity index (χ0n) is 17.0. The molecule has 1 aliphatic heterocycles. The second kappa shape index (κ2) is 9.60. The smallest absolute Gasteiger partial charge is 0.353 e. The van der Waals surface area contributed by atoms with E-state index in [1.54, 1.807) is 23.9 Å². The number of carbonyl (C=O) groups excluding carboxylic acids is 1. The fourth-order valence-electron chi connectivity index (χ4n) is 3.28. The van der Waals surface area contributed by atoms with Crippen molar-refractivity contribution in [1.29, 1.82) is 0 Å². The molecule has 1 fully saturated rings. The molecule has 0 radical (unpaired) electrons. The molecule has 0 bridgehead atoms. The molecule has 0 unspecified atom stereocenters. The standard InChI is InChI=1S/C21H20F3N5O2S/c22-21(23,24)20-26-19(27-31-20)15-6-7-17(25-14-15)28-9-11-29(12-10-28)18(30)8-13-32-16-4-2-1-3-5-16/h1-7,14H,8-13H2. The van der Waals surface area contributed by atoms with E-state index in [9.17, 15) is 18.0 Å². The van der Waals surface area contributed by atoms with Gasteiger partial charge in [0.15, 0.2) is 0 Å². The number of benzene rings is 1. The summed E-state index contributed by atoms with van der Waals surface area (Å²) < 4.78 is 42.1. The van der Waals surface area contributed by atoms with Gasteiger partial charge in [-0.2, -0.15) is 18.2 Å². The number of pyridine rings is 1. The lowest BCUT2D eigenvalue weighted by Gasteiger charge is -2.35. The SMILES string of the molecule is O=C(CCSc1ccccc1)N1CCN(c2ccc(-c3noc(C(F)(F)F)n3)cn2)CC1. The summed E-state index contributed by atoms with van der Waals surface area (Å²) in [6.45, 7) is 2.45. The molecule has 0 spiro atoms. The first kappa shape index (κ1) is 22.1. The van der Waals surface area contributed by atoms with E-state index in [4.69, 9.17) is 0 Å². The third-order valence-electron chi connectivity index (χ3n) is 4.96. The van der Waals surface area contributed by atoms with Crippen LogP contribution in [0.3, 0.4) is 0 Å². The minimum Gasteiger partial charge on any atom is -0.353 e. The van der Waals surface area contributed by atoms with Crippen molar-refractivity contribution in [3.63, 3.8) is 0 Å². The van der Waals surface area contributed by atoms with Crippen LogP contribution < -0.4 is 4.90 Å². The number of amides is 1. The van der Waals surface area contributed by atoms with Gasteiger partial charge in [0.2, 0.25) is 11.7 Å². The second-order valence-corrected chi connectivity index (χ2v) is 8.27. The van der Waals surface area contributed by atoms with Gasteiger partial charge in [-0.15, -0.1) is 11.8 Å². The molecule has 0 aliphatic carbocycles. The van der Waals surface area contributed by atoms with Crippen LogP contribution in [-0.4, -0.2) is 57.9 Å². The second-order valence-electron chi connectivity index (χ2n) is 7.11. The highest BCUT2D eigenvalue weighted by atomic mass is 32.2. The molecular formula is C21H20F3N5O2S. The van der Waals surface area contributed by atoms with Gasteiger partial charge in [0.05, 0.1) is 0 Å². The summed E-state index contributed by atoms with van der Waals surface area (Å²) in [6, 6.07) is 13.3. The zero-order valence-corrected chi connectivity index (χ0v) is 17.8. The van der Waals surface area contributed by atoms with Crippen LogP contribution in [0.4, 0.5) is 19.0 Å². The first-order valence-electron chi connectivity index (χ1n) is 9.98. The lowest BCUT2D eigenvalue weighted by atomic mass is 10.2. The molecule has 0 saturated carbocycles. The molecule has 0 N–H and O–H groups in total. The summed E-state index contributed by atoms with van der Waals surface area (Å²) in [5, 5.41) is 3.36. The Bertz CT molecular complexity index is 1040. The van der Waals surface area contributed by atoms with Crippen LogP contribution in [0.1, 0.15) is 12.3 Å². The summed E-state index contributed by atoms with van der Waals surface area (Å²) in [6.07, 6.45) is -2.79. The average molecular weight is 463 g/mol. The summed E-state index contributed by atoms with van der Waals surface area (Å²) in [7, 11) is 0. The third kappa shape index (κ3) is 5.39. The first-order chi connectivity index (χ1) is 15.4. The van der Waals surface area contributed by atoms with Gasteiger partial charge < -0.3 is 14.3 Å². The maximum absolute atomic E-state index is 12.6. The van der Waals surface area contributed by atoms with Gasteiger partial charge in [0.1, 0.15) is 5.82 Å². The number of aromatic nitrogens is 3. The molecule has 1 amide bonds. The lowest BCUT2D eigenvalue weighted by Crippen LogP contribution is -2.49. The van der Waals surface area contributed by atoms with Gasteiger partial charge >= 0.3 is 12.1 Å². The van der Waals surface area contributed by atoms with Crippen molar-refractivity contribution in [1.82, 2.24) is 20.0 Å². The van der Waals surface area contributed by atoms with E-state index in [0.29, 0.717) is 44.0 Å². The average Bonchev–Trinajstić information content (AvgIpc) is 3.31. The van der Waals surface area contributed by atoms with E-state index in [-0.39, 0.29) is 11.7 Å². The normalized spacial score (nSPS) is 14.6. The molecule has 1 saturated heterocycles. The van der Waals surface area contributed by atoms with E-state index in [1.165, 1.54) is 6.20 Å². The van der Waals surface area contributed by atoms with Crippen molar-refractivity contribution in [2.45, 2.75) is 17.5 Å². The Labute approximate surface area is 186 Å². The maximum atomic E-state index is 12.6. The molecule has 1 aliphatic rings. The predicted octanol–water partition coefficient (Wildman–Crippen LogP) is 3.98. The number of thioether (sulfide) groups is 1. The number of carbonyl (C=O) groups is 1. The largest absolute Gasteiger partial charge is 0.471 e. The first-order valence-corrected chi connectivity index (χ1v) is 11.0. The summed E-state index contributed by atoms with van der Waals surface area (Å²) in [4.78, 5) is 25.2. The monoisotopic (exact) mass is 463 g/mol. The lowest BCUT2D eigenvalue weighted by molar-refractivity contribution is -0.159. The van der Waals surface area contributed by atoms with Crippen molar-refractivity contribution in [3.05, 3.63) is 54.6 Å².